The number of aromatic nitrogens is 2. The maximum Gasteiger partial charge on any atom is 0.410 e. The Morgan fingerprint density at radius 2 is 1.95 bits per heavy atom. The van der Waals surface area contributed by atoms with Gasteiger partial charge in [0.25, 0.3) is 0 Å². The number of ether oxygens (including phenoxy) is 2. The van der Waals surface area contributed by atoms with Crippen LogP contribution in [-0.2, 0) is 30.5 Å². The summed E-state index contributed by atoms with van der Waals surface area (Å²) in [5.41, 5.74) is 7.14. The Labute approximate surface area is 257 Å². The first-order valence-corrected chi connectivity index (χ1v) is 16.3. The van der Waals surface area contributed by atoms with Gasteiger partial charge in [-0.25, -0.2) is 4.79 Å². The van der Waals surface area contributed by atoms with Gasteiger partial charge in [0, 0.05) is 43.5 Å². The van der Waals surface area contributed by atoms with Gasteiger partial charge < -0.3 is 24.6 Å². The molecule has 1 amide bonds. The normalized spacial score (nSPS) is 24.0. The van der Waals surface area contributed by atoms with E-state index in [1.807, 2.05) is 25.7 Å². The van der Waals surface area contributed by atoms with Crippen LogP contribution in [0.1, 0.15) is 88.0 Å². The summed E-state index contributed by atoms with van der Waals surface area (Å²) in [6, 6.07) is 7.36. The number of likely N-dealkylation sites (tertiary alicyclic amines) is 1. The topological polar surface area (TPSA) is 83.1 Å². The van der Waals surface area contributed by atoms with Gasteiger partial charge in [0.1, 0.15) is 12.2 Å². The number of rotatable bonds is 5. The van der Waals surface area contributed by atoms with Gasteiger partial charge in [-0.3, -0.25) is 4.90 Å². The Bertz CT molecular complexity index is 1340. The Morgan fingerprint density at radius 3 is 2.72 bits per heavy atom. The molecule has 3 aliphatic heterocycles. The molecule has 2 aromatic rings. The van der Waals surface area contributed by atoms with E-state index >= 15 is 0 Å². The van der Waals surface area contributed by atoms with Crippen LogP contribution in [0.3, 0.4) is 0 Å². The van der Waals surface area contributed by atoms with Crippen LogP contribution in [0, 0.1) is 5.41 Å². The van der Waals surface area contributed by atoms with Gasteiger partial charge >= 0.3 is 12.1 Å². The number of anilines is 1. The zero-order valence-corrected chi connectivity index (χ0v) is 27.0. The molecule has 0 saturated carbocycles. The van der Waals surface area contributed by atoms with E-state index in [1.165, 1.54) is 29.7 Å². The van der Waals surface area contributed by atoms with Gasteiger partial charge in [-0.2, -0.15) is 9.97 Å². The molecule has 4 aliphatic rings. The predicted octanol–water partition coefficient (Wildman–Crippen LogP) is 4.91. The first-order chi connectivity index (χ1) is 20.5. The van der Waals surface area contributed by atoms with E-state index in [1.54, 1.807) is 0 Å². The minimum absolute atomic E-state index is 0.241. The molecular formula is C34H50N6O3. The fourth-order valence-electron chi connectivity index (χ4n) is 7.27. The lowest BCUT2D eigenvalue weighted by Gasteiger charge is -2.40. The zero-order chi connectivity index (χ0) is 30.4. The van der Waals surface area contributed by atoms with Crippen molar-refractivity contribution < 1.29 is 14.3 Å². The Kier molecular flexibility index (Phi) is 8.33. The van der Waals surface area contributed by atoms with Crippen molar-refractivity contribution in [3.05, 3.63) is 46.3 Å². The van der Waals surface area contributed by atoms with Gasteiger partial charge in [0.2, 0.25) is 0 Å². The van der Waals surface area contributed by atoms with Gasteiger partial charge in [0.15, 0.2) is 0 Å². The van der Waals surface area contributed by atoms with Crippen molar-refractivity contribution in [1.29, 1.82) is 0 Å². The minimum atomic E-state index is -0.566. The molecule has 2 saturated heterocycles. The number of hydrogen-bond acceptors (Lipinski definition) is 8. The lowest BCUT2D eigenvalue weighted by Crippen LogP contribution is -2.51. The summed E-state index contributed by atoms with van der Waals surface area (Å²) in [5.74, 6) is 0. The van der Waals surface area contributed by atoms with Crippen molar-refractivity contribution in [1.82, 2.24) is 25.1 Å². The molecule has 1 aromatic heterocycles. The Hall–Kier alpha value is -2.91. The Morgan fingerprint density at radius 1 is 1.12 bits per heavy atom. The summed E-state index contributed by atoms with van der Waals surface area (Å²) >= 11 is 0. The van der Waals surface area contributed by atoms with E-state index < -0.39 is 5.60 Å². The maximum atomic E-state index is 13.4. The third-order valence-electron chi connectivity index (χ3n) is 9.65. The number of nitrogens with zero attached hydrogens (tertiary/aromatic N) is 5. The molecule has 9 nitrogen and oxygen atoms in total. The van der Waals surface area contributed by atoms with Crippen LogP contribution in [0.25, 0.3) is 0 Å². The number of hydrogen-bond donors (Lipinski definition) is 1. The summed E-state index contributed by atoms with van der Waals surface area (Å²) in [7, 11) is 2.16. The van der Waals surface area contributed by atoms with Gasteiger partial charge in [-0.1, -0.05) is 26.0 Å². The Balaban J connectivity index is 1.33. The fourth-order valence-corrected chi connectivity index (χ4v) is 7.27. The van der Waals surface area contributed by atoms with Gasteiger partial charge in [-0.15, -0.1) is 0 Å². The minimum Gasteiger partial charge on any atom is -0.462 e. The molecular weight excluding hydrogens is 540 g/mol. The lowest BCUT2D eigenvalue weighted by atomic mass is 9.74. The monoisotopic (exact) mass is 590 g/mol. The molecule has 234 valence electrons. The fraction of sp³-hybridized carbons (Fsp3) is 0.676. The van der Waals surface area contributed by atoms with Crippen molar-refractivity contribution in [2.75, 3.05) is 51.3 Å². The highest BCUT2D eigenvalue weighted by atomic mass is 16.6. The molecule has 1 aliphatic carbocycles. The molecule has 0 bridgehead atoms. The van der Waals surface area contributed by atoms with E-state index in [9.17, 15) is 4.79 Å². The molecule has 1 N–H and O–H groups in total. The highest BCUT2D eigenvalue weighted by Gasteiger charge is 2.37. The molecule has 0 spiro atoms. The second-order valence-corrected chi connectivity index (χ2v) is 14.7. The number of benzene rings is 1. The molecule has 9 heteroatoms. The molecule has 4 heterocycles. The van der Waals surface area contributed by atoms with Crippen LogP contribution in [0.4, 0.5) is 10.5 Å². The molecule has 1 aromatic carbocycles. The van der Waals surface area contributed by atoms with Crippen LogP contribution < -0.4 is 15.0 Å². The van der Waals surface area contributed by atoms with Crippen molar-refractivity contribution >= 4 is 11.8 Å². The summed E-state index contributed by atoms with van der Waals surface area (Å²) < 4.78 is 12.2. The standard InChI is InChI=1S/C34H50N6O3/c1-33(2,3)43-32(41)40-18-15-35-20-29(40)30-26-13-17-39(28-11-7-9-23-19-34(4,5)14-12-25(23)28)21-27(26)36-31(37-30)42-22-24-10-8-16-38(24)6/h7,9,11,24,29,35H,8,10,12-22H2,1-6H3/t24-,29?/m0/s1. The number of amides is 1. The third kappa shape index (κ3) is 6.63. The van der Waals surface area contributed by atoms with Crippen LogP contribution in [0.2, 0.25) is 0 Å². The van der Waals surface area contributed by atoms with Crippen LogP contribution in [0.15, 0.2) is 18.2 Å². The van der Waals surface area contributed by atoms with E-state index in [0.29, 0.717) is 43.7 Å². The van der Waals surface area contributed by atoms with Crippen molar-refractivity contribution in [2.45, 2.75) is 97.4 Å². The molecule has 2 fully saturated rings. The highest BCUT2D eigenvalue weighted by Crippen LogP contribution is 2.40. The number of likely N-dealkylation sites (N-methyl/N-ethyl adjacent to an activating group) is 1. The molecule has 6 rings (SSSR count). The average molecular weight is 591 g/mol. The second-order valence-electron chi connectivity index (χ2n) is 14.7. The molecule has 43 heavy (non-hydrogen) atoms. The summed E-state index contributed by atoms with van der Waals surface area (Å²) in [6.07, 6.45) is 6.27. The predicted molar refractivity (Wildman–Crippen MR) is 169 cm³/mol. The van der Waals surface area contributed by atoms with Crippen LogP contribution in [-0.4, -0.2) is 83.9 Å². The quantitative estimate of drug-likeness (QED) is 0.526. The number of carbonyl (C=O) groups is 1. The number of fused-ring (bicyclic) bond motifs is 2. The molecule has 1 unspecified atom stereocenters. The number of piperazine rings is 1. The van der Waals surface area contributed by atoms with Gasteiger partial charge in [-0.05, 0) is 95.5 Å². The highest BCUT2D eigenvalue weighted by molar-refractivity contribution is 5.69. The average Bonchev–Trinajstić information content (AvgIpc) is 3.37. The summed E-state index contributed by atoms with van der Waals surface area (Å²) in [4.78, 5) is 30.2. The van der Waals surface area contributed by atoms with Crippen LogP contribution in [0.5, 0.6) is 6.01 Å². The number of carbonyl (C=O) groups excluding carboxylic acids is 1. The maximum absolute atomic E-state index is 13.4. The smallest absolute Gasteiger partial charge is 0.410 e. The first-order valence-electron chi connectivity index (χ1n) is 16.3. The molecule has 0 radical (unpaired) electrons. The van der Waals surface area contributed by atoms with E-state index in [2.05, 4.69) is 54.2 Å². The van der Waals surface area contributed by atoms with Crippen molar-refractivity contribution in [3.8, 4) is 6.01 Å². The van der Waals surface area contributed by atoms with E-state index in [4.69, 9.17) is 19.4 Å². The third-order valence-corrected chi connectivity index (χ3v) is 9.65. The lowest BCUT2D eigenvalue weighted by molar-refractivity contribution is 0.0111. The van der Waals surface area contributed by atoms with E-state index in [0.717, 1.165) is 62.3 Å². The summed E-state index contributed by atoms with van der Waals surface area (Å²) in [6.45, 7) is 15.7. The summed E-state index contributed by atoms with van der Waals surface area (Å²) in [5, 5.41) is 3.50. The zero-order valence-electron chi connectivity index (χ0n) is 27.0. The largest absolute Gasteiger partial charge is 0.462 e. The van der Waals surface area contributed by atoms with Crippen LogP contribution >= 0.6 is 0 Å². The number of nitrogens with one attached hydrogen (secondary N) is 1. The molecule has 2 atom stereocenters. The van der Waals surface area contributed by atoms with Crippen molar-refractivity contribution in [2.24, 2.45) is 5.41 Å². The second kappa shape index (κ2) is 11.9. The SMILES string of the molecule is CN1CCC[C@H]1COc1nc2c(c(C3CNCCN3C(=O)OC(C)(C)C)n1)CCN(c1cccc3c1CCC(C)(C)C3)C2. The first kappa shape index (κ1) is 30.1. The van der Waals surface area contributed by atoms with Crippen molar-refractivity contribution in [3.63, 3.8) is 0 Å². The van der Waals surface area contributed by atoms with E-state index in [-0.39, 0.29) is 12.1 Å². The van der Waals surface area contributed by atoms with Gasteiger partial charge in [0.05, 0.1) is 24.0 Å².